The molecule has 1 aromatic carbocycles. The van der Waals surface area contributed by atoms with Gasteiger partial charge < -0.3 is 9.31 Å². The van der Waals surface area contributed by atoms with Crippen LogP contribution in [0, 0.1) is 0 Å². The van der Waals surface area contributed by atoms with Crippen molar-refractivity contribution in [1.29, 1.82) is 0 Å². The minimum atomic E-state index is -0.212. The molecule has 13 heavy (non-hydrogen) atoms. The molecule has 0 spiro atoms. The van der Waals surface area contributed by atoms with Gasteiger partial charge in [-0.3, -0.25) is 0 Å². The van der Waals surface area contributed by atoms with Crippen molar-refractivity contribution in [3.63, 3.8) is 0 Å². The quantitative estimate of drug-likeness (QED) is 0.466. The summed E-state index contributed by atoms with van der Waals surface area (Å²) in [6, 6.07) is 9.98. The van der Waals surface area contributed by atoms with Crippen LogP contribution < -0.4 is 5.46 Å². The van der Waals surface area contributed by atoms with E-state index in [4.69, 9.17) is 9.31 Å². The van der Waals surface area contributed by atoms with Gasteiger partial charge in [0.2, 0.25) is 0 Å². The van der Waals surface area contributed by atoms with Gasteiger partial charge >= 0.3 is 7.12 Å². The highest BCUT2D eigenvalue weighted by molar-refractivity contribution is 6.61. The van der Waals surface area contributed by atoms with Crippen molar-refractivity contribution in [3.05, 3.63) is 42.5 Å². The maximum absolute atomic E-state index is 5.48. The van der Waals surface area contributed by atoms with E-state index in [2.05, 4.69) is 0 Å². The van der Waals surface area contributed by atoms with Crippen LogP contribution in [0.5, 0.6) is 0 Å². The first kappa shape index (κ1) is 8.54. The lowest BCUT2D eigenvalue weighted by Crippen LogP contribution is -2.36. The average Bonchev–Trinajstić information content (AvgIpc) is 2.47. The van der Waals surface area contributed by atoms with Crippen LogP contribution in [0.25, 0.3) is 0 Å². The van der Waals surface area contributed by atoms with Crippen molar-refractivity contribution >= 4 is 12.6 Å². The zero-order valence-electron chi connectivity index (χ0n) is 7.35. The van der Waals surface area contributed by atoms with Gasteiger partial charge in [-0.05, 0) is 5.46 Å². The van der Waals surface area contributed by atoms with Gasteiger partial charge in [0.15, 0.2) is 0 Å². The average molecular weight is 174 g/mol. The van der Waals surface area contributed by atoms with Crippen LogP contribution in [0.2, 0.25) is 0 Å². The summed E-state index contributed by atoms with van der Waals surface area (Å²) in [6.45, 7) is 1.25. The normalized spacial score (nSPS) is 17.1. The van der Waals surface area contributed by atoms with E-state index >= 15 is 0 Å². The Bertz CT molecular complexity index is 274. The lowest BCUT2D eigenvalue weighted by atomic mass is 9.79. The zero-order chi connectivity index (χ0) is 8.93. The summed E-state index contributed by atoms with van der Waals surface area (Å²) >= 11 is 0. The Morgan fingerprint density at radius 3 is 2.15 bits per heavy atom. The Morgan fingerprint density at radius 2 is 1.54 bits per heavy atom. The van der Waals surface area contributed by atoms with E-state index in [1.54, 1.807) is 0 Å². The van der Waals surface area contributed by atoms with E-state index in [9.17, 15) is 0 Å². The summed E-state index contributed by atoms with van der Waals surface area (Å²) in [7, 11) is -0.212. The summed E-state index contributed by atoms with van der Waals surface area (Å²) in [6.07, 6.45) is 3.95. The lowest BCUT2D eigenvalue weighted by molar-refractivity contribution is 0.256. The summed E-state index contributed by atoms with van der Waals surface area (Å²) in [5.41, 5.74) is 1.08. The van der Waals surface area contributed by atoms with E-state index in [-0.39, 0.29) is 7.12 Å². The van der Waals surface area contributed by atoms with Crippen molar-refractivity contribution in [2.45, 2.75) is 0 Å². The molecular weight excluding hydrogens is 163 g/mol. The van der Waals surface area contributed by atoms with Gasteiger partial charge in [0.05, 0.1) is 13.2 Å². The van der Waals surface area contributed by atoms with Crippen LogP contribution in [0.3, 0.4) is 0 Å². The van der Waals surface area contributed by atoms with Gasteiger partial charge in [0.25, 0.3) is 0 Å². The van der Waals surface area contributed by atoms with Gasteiger partial charge in [-0.1, -0.05) is 42.5 Å². The van der Waals surface area contributed by atoms with Crippen molar-refractivity contribution < 1.29 is 9.31 Å². The number of benzene rings is 1. The molecule has 3 heteroatoms. The molecule has 2 rings (SSSR count). The van der Waals surface area contributed by atoms with Crippen molar-refractivity contribution in [1.82, 2.24) is 0 Å². The molecule has 0 saturated heterocycles. The number of rotatable bonds is 1. The maximum Gasteiger partial charge on any atom is 0.494 e. The zero-order valence-corrected chi connectivity index (χ0v) is 7.35. The summed E-state index contributed by atoms with van der Waals surface area (Å²) in [5, 5.41) is 0. The first-order valence-corrected chi connectivity index (χ1v) is 4.40. The monoisotopic (exact) mass is 174 g/mol. The first-order chi connectivity index (χ1) is 6.47. The summed E-state index contributed by atoms with van der Waals surface area (Å²) in [4.78, 5) is 0. The lowest BCUT2D eigenvalue weighted by Gasteiger charge is -2.09. The molecule has 1 aliphatic rings. The summed E-state index contributed by atoms with van der Waals surface area (Å²) < 4.78 is 11.0. The predicted molar refractivity (Wildman–Crippen MR) is 52.9 cm³/mol. The van der Waals surface area contributed by atoms with Gasteiger partial charge in [0.1, 0.15) is 0 Å². The van der Waals surface area contributed by atoms with Crippen LogP contribution in [0.4, 0.5) is 0 Å². The Kier molecular flexibility index (Phi) is 2.80. The van der Waals surface area contributed by atoms with E-state index in [1.165, 1.54) is 0 Å². The van der Waals surface area contributed by atoms with Crippen molar-refractivity contribution in [3.8, 4) is 0 Å². The molecule has 0 saturated carbocycles. The molecule has 1 aromatic rings. The molecule has 1 heterocycles. The third kappa shape index (κ3) is 2.20. The maximum atomic E-state index is 5.48. The van der Waals surface area contributed by atoms with Crippen molar-refractivity contribution in [2.24, 2.45) is 0 Å². The Hall–Kier alpha value is -1.06. The fourth-order valence-electron chi connectivity index (χ4n) is 1.27. The van der Waals surface area contributed by atoms with E-state index < -0.39 is 0 Å². The molecule has 0 aliphatic carbocycles. The van der Waals surface area contributed by atoms with E-state index in [0.29, 0.717) is 13.2 Å². The Morgan fingerprint density at radius 1 is 0.923 bits per heavy atom. The Balaban J connectivity index is 2.09. The van der Waals surface area contributed by atoms with Gasteiger partial charge in [-0.15, -0.1) is 0 Å². The van der Waals surface area contributed by atoms with Gasteiger partial charge in [-0.2, -0.15) is 0 Å². The predicted octanol–water partition coefficient (Wildman–Crippen LogP) is 0.985. The largest absolute Gasteiger partial charge is 0.494 e. The molecule has 0 bridgehead atoms. The van der Waals surface area contributed by atoms with E-state index in [0.717, 1.165) is 5.46 Å². The molecule has 0 atom stereocenters. The highest BCUT2D eigenvalue weighted by Crippen LogP contribution is 1.97. The third-order valence-electron chi connectivity index (χ3n) is 1.93. The standard InChI is InChI=1S/C10H11BO2/c1-2-6-10(7-3-1)11-12-8-4-5-9-13-11/h1-7H,8-9H2. The Labute approximate surface area is 78.3 Å². The number of hydrogen-bond acceptors (Lipinski definition) is 2. The smallest absolute Gasteiger partial charge is 0.404 e. The third-order valence-corrected chi connectivity index (χ3v) is 1.93. The van der Waals surface area contributed by atoms with Crippen LogP contribution >= 0.6 is 0 Å². The summed E-state index contributed by atoms with van der Waals surface area (Å²) in [5.74, 6) is 0. The second-order valence-electron chi connectivity index (χ2n) is 2.88. The molecule has 66 valence electrons. The van der Waals surface area contributed by atoms with Crippen LogP contribution in [-0.4, -0.2) is 20.3 Å². The van der Waals surface area contributed by atoms with Crippen LogP contribution in [0.1, 0.15) is 0 Å². The van der Waals surface area contributed by atoms with Gasteiger partial charge in [-0.25, -0.2) is 0 Å². The molecule has 0 aromatic heterocycles. The minimum Gasteiger partial charge on any atom is -0.404 e. The van der Waals surface area contributed by atoms with Gasteiger partial charge in [0, 0.05) is 0 Å². The fraction of sp³-hybridized carbons (Fsp3) is 0.200. The molecular formula is C10H11BO2. The topological polar surface area (TPSA) is 18.5 Å². The highest BCUT2D eigenvalue weighted by Gasteiger charge is 2.20. The van der Waals surface area contributed by atoms with Crippen LogP contribution in [-0.2, 0) is 9.31 Å². The van der Waals surface area contributed by atoms with Crippen molar-refractivity contribution in [2.75, 3.05) is 13.2 Å². The highest BCUT2D eigenvalue weighted by atomic mass is 16.6. The SMILES string of the molecule is C1=CCOB(c2ccccc2)OC1. The fourth-order valence-corrected chi connectivity index (χ4v) is 1.27. The first-order valence-electron chi connectivity index (χ1n) is 4.40. The molecule has 0 amide bonds. The second kappa shape index (κ2) is 4.26. The molecule has 2 nitrogen and oxygen atoms in total. The molecule has 1 aliphatic heterocycles. The molecule has 0 N–H and O–H groups in total. The second-order valence-corrected chi connectivity index (χ2v) is 2.88. The molecule has 0 fully saturated rings. The molecule has 0 radical (unpaired) electrons. The van der Waals surface area contributed by atoms with Crippen LogP contribution in [0.15, 0.2) is 42.5 Å². The number of hydrogen-bond donors (Lipinski definition) is 0. The molecule has 0 unspecified atom stereocenters. The minimum absolute atomic E-state index is 0.212. The van der Waals surface area contributed by atoms with E-state index in [1.807, 2.05) is 42.5 Å².